The maximum atomic E-state index is 11.9. The maximum absolute atomic E-state index is 11.9. The van der Waals surface area contributed by atoms with Gasteiger partial charge in [-0.25, -0.2) is 4.98 Å². The van der Waals surface area contributed by atoms with Gasteiger partial charge in [0.15, 0.2) is 5.65 Å². The summed E-state index contributed by atoms with van der Waals surface area (Å²) >= 11 is 0. The van der Waals surface area contributed by atoms with Crippen molar-refractivity contribution in [2.24, 2.45) is 0 Å². The molecule has 2 aromatic heterocycles. The van der Waals surface area contributed by atoms with Crippen molar-refractivity contribution in [3.63, 3.8) is 0 Å². The van der Waals surface area contributed by atoms with Gasteiger partial charge in [0.1, 0.15) is 5.76 Å². The van der Waals surface area contributed by atoms with E-state index < -0.39 is 0 Å². The van der Waals surface area contributed by atoms with Gasteiger partial charge in [-0.05, 0) is 26.2 Å². The van der Waals surface area contributed by atoms with Crippen LogP contribution in [0.5, 0.6) is 0 Å². The van der Waals surface area contributed by atoms with Crippen molar-refractivity contribution in [2.45, 2.75) is 26.2 Å². The largest absolute Gasteiger partial charge is 0.375 e. The first-order valence-electron chi connectivity index (χ1n) is 4.77. The molecule has 72 valence electrons. The molecule has 0 radical (unpaired) electrons. The van der Waals surface area contributed by atoms with E-state index in [4.69, 9.17) is 4.52 Å². The molecule has 0 saturated carbocycles. The van der Waals surface area contributed by atoms with Crippen molar-refractivity contribution >= 4 is 5.65 Å². The summed E-state index contributed by atoms with van der Waals surface area (Å²) in [6.45, 7) is 1.82. The molecule has 4 nitrogen and oxygen atoms in total. The van der Waals surface area contributed by atoms with Crippen molar-refractivity contribution in [3.8, 4) is 0 Å². The first-order chi connectivity index (χ1) is 6.75. The normalized spacial score (nSPS) is 14.9. The predicted molar refractivity (Wildman–Crippen MR) is 50.5 cm³/mol. The van der Waals surface area contributed by atoms with E-state index in [9.17, 15) is 4.79 Å². The van der Waals surface area contributed by atoms with Gasteiger partial charge < -0.3 is 4.52 Å². The first kappa shape index (κ1) is 7.79. The second-order valence-corrected chi connectivity index (χ2v) is 3.69. The number of hydrogen-bond acceptors (Lipinski definition) is 3. The lowest BCUT2D eigenvalue weighted by atomic mass is 10.2. The summed E-state index contributed by atoms with van der Waals surface area (Å²) in [5.74, 6) is 0.721. The van der Waals surface area contributed by atoms with Crippen LogP contribution < -0.4 is 5.56 Å². The SMILES string of the molecule is Cc1cc2nc3c(c(=O)n2o1)CCC3. The monoisotopic (exact) mass is 190 g/mol. The summed E-state index contributed by atoms with van der Waals surface area (Å²) in [6, 6.07) is 1.79. The number of rotatable bonds is 0. The van der Waals surface area contributed by atoms with Gasteiger partial charge in [-0.15, -0.1) is 4.57 Å². The third-order valence-electron chi connectivity index (χ3n) is 2.66. The van der Waals surface area contributed by atoms with Crippen LogP contribution in [0.2, 0.25) is 0 Å². The van der Waals surface area contributed by atoms with Crippen LogP contribution in [0.3, 0.4) is 0 Å². The molecule has 2 aromatic rings. The lowest BCUT2D eigenvalue weighted by Crippen LogP contribution is -2.18. The topological polar surface area (TPSA) is 47.5 Å². The summed E-state index contributed by atoms with van der Waals surface area (Å²) in [5.41, 5.74) is 2.39. The van der Waals surface area contributed by atoms with E-state index in [2.05, 4.69) is 4.98 Å². The van der Waals surface area contributed by atoms with Gasteiger partial charge in [0.05, 0.1) is 5.69 Å². The van der Waals surface area contributed by atoms with Crippen LogP contribution in [-0.2, 0) is 12.8 Å². The van der Waals surface area contributed by atoms with E-state index in [1.54, 1.807) is 6.07 Å². The van der Waals surface area contributed by atoms with Crippen LogP contribution in [0.1, 0.15) is 23.4 Å². The van der Waals surface area contributed by atoms with Gasteiger partial charge in [0.25, 0.3) is 5.56 Å². The Labute approximate surface area is 80.1 Å². The van der Waals surface area contributed by atoms with Gasteiger partial charge in [-0.2, -0.15) is 0 Å². The average molecular weight is 190 g/mol. The third-order valence-corrected chi connectivity index (χ3v) is 2.66. The zero-order chi connectivity index (χ0) is 9.71. The Hall–Kier alpha value is -1.58. The molecule has 0 unspecified atom stereocenters. The Kier molecular flexibility index (Phi) is 1.37. The maximum Gasteiger partial charge on any atom is 0.290 e. The van der Waals surface area contributed by atoms with Crippen LogP contribution in [0, 0.1) is 6.92 Å². The minimum atomic E-state index is -0.0319. The van der Waals surface area contributed by atoms with Gasteiger partial charge in [-0.1, -0.05) is 0 Å². The molecule has 0 fully saturated rings. The van der Waals surface area contributed by atoms with Crippen LogP contribution >= 0.6 is 0 Å². The lowest BCUT2D eigenvalue weighted by Gasteiger charge is -1.96. The first-order valence-corrected chi connectivity index (χ1v) is 4.77. The highest BCUT2D eigenvalue weighted by atomic mass is 16.5. The third kappa shape index (κ3) is 0.880. The Morgan fingerprint density at radius 3 is 3.21 bits per heavy atom. The van der Waals surface area contributed by atoms with Crippen LogP contribution in [0.4, 0.5) is 0 Å². The minimum absolute atomic E-state index is 0.0319. The summed E-state index contributed by atoms with van der Waals surface area (Å²) in [6.07, 6.45) is 2.79. The smallest absolute Gasteiger partial charge is 0.290 e. The summed E-state index contributed by atoms with van der Waals surface area (Å²) in [5, 5.41) is 0. The van der Waals surface area contributed by atoms with E-state index in [0.29, 0.717) is 5.65 Å². The molecule has 1 aliphatic rings. The Morgan fingerprint density at radius 2 is 2.36 bits per heavy atom. The summed E-state index contributed by atoms with van der Waals surface area (Å²) < 4.78 is 6.56. The Balaban J connectivity index is 2.49. The molecule has 0 atom stereocenters. The predicted octanol–water partition coefficient (Wildman–Crippen LogP) is 1.08. The van der Waals surface area contributed by atoms with E-state index in [-0.39, 0.29) is 5.56 Å². The van der Waals surface area contributed by atoms with Crippen molar-refractivity contribution in [2.75, 3.05) is 0 Å². The summed E-state index contributed by atoms with van der Waals surface area (Å²) in [7, 11) is 0. The highest BCUT2D eigenvalue weighted by molar-refractivity contribution is 5.41. The molecule has 0 bridgehead atoms. The molecule has 2 heterocycles. The van der Waals surface area contributed by atoms with Crippen molar-refractivity contribution in [3.05, 3.63) is 33.4 Å². The fourth-order valence-corrected chi connectivity index (χ4v) is 2.02. The highest BCUT2D eigenvalue weighted by Crippen LogP contribution is 2.17. The molecular formula is C10H10N2O2. The van der Waals surface area contributed by atoms with Crippen molar-refractivity contribution in [1.82, 2.24) is 9.56 Å². The van der Waals surface area contributed by atoms with E-state index in [1.807, 2.05) is 6.92 Å². The molecule has 0 saturated heterocycles. The molecule has 0 aromatic carbocycles. The molecule has 0 amide bonds. The zero-order valence-corrected chi connectivity index (χ0v) is 7.91. The van der Waals surface area contributed by atoms with Crippen LogP contribution in [0.15, 0.2) is 15.4 Å². The quantitative estimate of drug-likeness (QED) is 0.624. The molecule has 14 heavy (non-hydrogen) atoms. The van der Waals surface area contributed by atoms with Crippen LogP contribution in [0.25, 0.3) is 5.65 Å². The number of aryl methyl sites for hydroxylation is 2. The lowest BCUT2D eigenvalue weighted by molar-refractivity contribution is 0.343. The summed E-state index contributed by atoms with van der Waals surface area (Å²) in [4.78, 5) is 16.3. The van der Waals surface area contributed by atoms with E-state index in [0.717, 1.165) is 36.3 Å². The Morgan fingerprint density at radius 1 is 1.50 bits per heavy atom. The number of hydrogen-bond donors (Lipinski definition) is 0. The average Bonchev–Trinajstić information content (AvgIpc) is 2.71. The van der Waals surface area contributed by atoms with Gasteiger partial charge in [0.2, 0.25) is 0 Å². The molecule has 0 N–H and O–H groups in total. The highest BCUT2D eigenvalue weighted by Gasteiger charge is 2.19. The standard InChI is InChI=1S/C10H10N2O2/c1-6-5-9-11-8-4-2-3-7(8)10(13)12(9)14-6/h5H,2-4H2,1H3. The van der Waals surface area contributed by atoms with Gasteiger partial charge in [-0.3, -0.25) is 4.79 Å². The van der Waals surface area contributed by atoms with Crippen molar-refractivity contribution in [1.29, 1.82) is 0 Å². The van der Waals surface area contributed by atoms with E-state index >= 15 is 0 Å². The zero-order valence-electron chi connectivity index (χ0n) is 7.91. The number of nitrogens with zero attached hydrogens (tertiary/aromatic N) is 2. The van der Waals surface area contributed by atoms with Crippen molar-refractivity contribution < 1.29 is 4.52 Å². The van der Waals surface area contributed by atoms with Gasteiger partial charge in [0, 0.05) is 11.6 Å². The molecule has 0 aliphatic heterocycles. The second-order valence-electron chi connectivity index (χ2n) is 3.69. The number of fused-ring (bicyclic) bond motifs is 2. The molecule has 4 heteroatoms. The second kappa shape index (κ2) is 2.47. The van der Waals surface area contributed by atoms with E-state index in [1.165, 1.54) is 4.57 Å². The minimum Gasteiger partial charge on any atom is -0.375 e. The van der Waals surface area contributed by atoms with Crippen LogP contribution in [-0.4, -0.2) is 9.56 Å². The van der Waals surface area contributed by atoms with Gasteiger partial charge >= 0.3 is 0 Å². The fourth-order valence-electron chi connectivity index (χ4n) is 2.02. The Bertz CT molecular complexity index is 565. The molecule has 3 rings (SSSR count). The molecule has 0 spiro atoms. The fraction of sp³-hybridized carbons (Fsp3) is 0.400. The number of aromatic nitrogens is 2. The molecule has 1 aliphatic carbocycles. The molecular weight excluding hydrogens is 180 g/mol.